The highest BCUT2D eigenvalue weighted by atomic mass is 35.5. The number of nitrogens with one attached hydrogen (secondary N) is 1. The van der Waals surface area contributed by atoms with Crippen LogP contribution in [0.3, 0.4) is 0 Å². The lowest BCUT2D eigenvalue weighted by atomic mass is 10.0. The van der Waals surface area contributed by atoms with Crippen molar-refractivity contribution < 1.29 is 23.8 Å². The van der Waals surface area contributed by atoms with Gasteiger partial charge in [-0.05, 0) is 79.4 Å². The number of furan rings is 1. The van der Waals surface area contributed by atoms with E-state index in [2.05, 4.69) is 5.32 Å². The first-order chi connectivity index (χ1) is 16.3. The first kappa shape index (κ1) is 23.4. The Morgan fingerprint density at radius 1 is 1.03 bits per heavy atom. The van der Waals surface area contributed by atoms with Gasteiger partial charge in [-0.25, -0.2) is 0 Å². The van der Waals surface area contributed by atoms with Gasteiger partial charge >= 0.3 is 5.97 Å². The van der Waals surface area contributed by atoms with E-state index in [1.54, 1.807) is 18.2 Å². The Kier molecular flexibility index (Phi) is 6.89. The van der Waals surface area contributed by atoms with Crippen molar-refractivity contribution in [2.75, 3.05) is 0 Å². The molecule has 34 heavy (non-hydrogen) atoms. The lowest BCUT2D eigenvalue weighted by Gasteiger charge is -2.11. The zero-order valence-electron chi connectivity index (χ0n) is 18.9. The fraction of sp³-hybridized carbons (Fsp3) is 0.185. The van der Waals surface area contributed by atoms with Crippen molar-refractivity contribution >= 4 is 34.4 Å². The van der Waals surface area contributed by atoms with Crippen LogP contribution in [0.5, 0.6) is 11.5 Å². The molecule has 7 heteroatoms. The normalized spacial score (nSPS) is 10.9. The fourth-order valence-electron chi connectivity index (χ4n) is 3.78. The number of hydrogen-bond donors (Lipinski definition) is 2. The number of hydrogen-bond acceptors (Lipinski definition) is 4. The molecule has 0 fully saturated rings. The number of ether oxygens (including phenoxy) is 1. The van der Waals surface area contributed by atoms with Gasteiger partial charge < -0.3 is 19.6 Å². The van der Waals surface area contributed by atoms with Crippen LogP contribution < -0.4 is 10.1 Å². The molecule has 3 aromatic carbocycles. The summed E-state index contributed by atoms with van der Waals surface area (Å²) >= 11 is 6.06. The van der Waals surface area contributed by atoms with Gasteiger partial charge in [0.05, 0.1) is 0 Å². The molecule has 0 aliphatic carbocycles. The number of carbonyl (C=O) groups excluding carboxylic acids is 1. The first-order valence-electron chi connectivity index (χ1n) is 10.8. The molecule has 0 bridgehead atoms. The average Bonchev–Trinajstić information content (AvgIpc) is 3.13. The van der Waals surface area contributed by atoms with E-state index < -0.39 is 5.97 Å². The van der Waals surface area contributed by atoms with Crippen molar-refractivity contribution in [2.24, 2.45) is 0 Å². The topological polar surface area (TPSA) is 88.8 Å². The average molecular weight is 478 g/mol. The molecule has 1 heterocycles. The van der Waals surface area contributed by atoms with E-state index in [1.807, 2.05) is 56.3 Å². The zero-order chi connectivity index (χ0) is 24.2. The summed E-state index contributed by atoms with van der Waals surface area (Å²) in [5.41, 5.74) is 4.19. The minimum Gasteiger partial charge on any atom is -0.481 e. The van der Waals surface area contributed by atoms with Gasteiger partial charge in [0.2, 0.25) is 0 Å². The molecular weight excluding hydrogens is 454 g/mol. The summed E-state index contributed by atoms with van der Waals surface area (Å²) in [7, 11) is 0. The summed E-state index contributed by atoms with van der Waals surface area (Å²) < 4.78 is 11.7. The molecule has 0 aliphatic rings. The highest BCUT2D eigenvalue weighted by Crippen LogP contribution is 2.28. The van der Waals surface area contributed by atoms with E-state index in [9.17, 15) is 9.59 Å². The number of halogens is 1. The third kappa shape index (κ3) is 5.41. The van der Waals surface area contributed by atoms with Gasteiger partial charge in [-0.15, -0.1) is 0 Å². The highest BCUT2D eigenvalue weighted by molar-refractivity contribution is 6.31. The van der Waals surface area contributed by atoms with E-state index in [1.165, 1.54) is 0 Å². The number of aliphatic carboxylic acids is 1. The van der Waals surface area contributed by atoms with Crippen molar-refractivity contribution in [3.8, 4) is 11.5 Å². The minimum atomic E-state index is -0.816. The molecule has 0 radical (unpaired) electrons. The van der Waals surface area contributed by atoms with Crippen molar-refractivity contribution in [1.82, 2.24) is 5.32 Å². The molecule has 0 spiro atoms. The van der Waals surface area contributed by atoms with Gasteiger partial charge in [0.1, 0.15) is 17.1 Å². The molecule has 174 valence electrons. The number of carboxylic acid groups (broad SMARTS) is 1. The molecule has 6 nitrogen and oxygen atoms in total. The Morgan fingerprint density at radius 2 is 1.82 bits per heavy atom. The maximum atomic E-state index is 12.7. The number of rotatable bonds is 8. The second-order valence-electron chi connectivity index (χ2n) is 8.11. The van der Waals surface area contributed by atoms with Crippen molar-refractivity contribution in [1.29, 1.82) is 0 Å². The Balaban J connectivity index is 1.41. The largest absolute Gasteiger partial charge is 0.481 e. The van der Waals surface area contributed by atoms with Crippen LogP contribution in [-0.4, -0.2) is 17.0 Å². The fourth-order valence-corrected chi connectivity index (χ4v) is 3.95. The summed E-state index contributed by atoms with van der Waals surface area (Å²) in [6.45, 7) is 4.07. The van der Waals surface area contributed by atoms with Crippen LogP contribution in [0.1, 0.15) is 39.2 Å². The van der Waals surface area contributed by atoms with E-state index in [0.29, 0.717) is 35.1 Å². The summed E-state index contributed by atoms with van der Waals surface area (Å²) in [4.78, 5) is 23.5. The number of benzene rings is 3. The van der Waals surface area contributed by atoms with Crippen LogP contribution in [0, 0.1) is 13.8 Å². The van der Waals surface area contributed by atoms with Gasteiger partial charge in [0, 0.05) is 28.9 Å². The maximum Gasteiger partial charge on any atom is 0.303 e. The number of carbonyl (C=O) groups is 2. The molecular formula is C27H24ClNO5. The standard InChI is InChI=1S/C27H24ClNO5/c1-16-12-22(9-6-19(16)7-11-25(30)31)33-21-5-3-4-18(13-21)15-29-27(32)26-17(2)23-14-20(28)8-10-24(23)34-26/h3-6,8-10,12-14H,7,11,15H2,1-2H3,(H,29,32)(H,30,31). The van der Waals surface area contributed by atoms with Gasteiger partial charge in [-0.3, -0.25) is 9.59 Å². The third-order valence-electron chi connectivity index (χ3n) is 5.61. The predicted octanol–water partition coefficient (Wildman–Crippen LogP) is 6.44. The highest BCUT2D eigenvalue weighted by Gasteiger charge is 2.17. The monoisotopic (exact) mass is 477 g/mol. The molecule has 0 aliphatic heterocycles. The Bertz CT molecular complexity index is 1370. The SMILES string of the molecule is Cc1cc(Oc2cccc(CNC(=O)c3oc4ccc(Cl)cc4c3C)c2)ccc1CCC(=O)O. The number of carboxylic acids is 1. The Morgan fingerprint density at radius 3 is 2.59 bits per heavy atom. The molecule has 0 atom stereocenters. The van der Waals surface area contributed by atoms with Crippen LogP contribution in [0.15, 0.2) is 65.1 Å². The van der Waals surface area contributed by atoms with Gasteiger partial charge in [-0.1, -0.05) is 29.8 Å². The van der Waals surface area contributed by atoms with E-state index >= 15 is 0 Å². The van der Waals surface area contributed by atoms with Crippen molar-refractivity contribution in [3.05, 3.63) is 93.7 Å². The summed E-state index contributed by atoms with van der Waals surface area (Å²) in [5, 5.41) is 13.2. The molecule has 1 aromatic heterocycles. The number of amides is 1. The lowest BCUT2D eigenvalue weighted by Crippen LogP contribution is -2.22. The molecule has 0 saturated heterocycles. The smallest absolute Gasteiger partial charge is 0.303 e. The number of aryl methyl sites for hydroxylation is 3. The maximum absolute atomic E-state index is 12.7. The number of fused-ring (bicyclic) bond motifs is 1. The second-order valence-corrected chi connectivity index (χ2v) is 8.55. The third-order valence-corrected chi connectivity index (χ3v) is 5.85. The first-order valence-corrected chi connectivity index (χ1v) is 11.2. The van der Waals surface area contributed by atoms with Crippen molar-refractivity contribution in [2.45, 2.75) is 33.2 Å². The van der Waals surface area contributed by atoms with Crippen molar-refractivity contribution in [3.63, 3.8) is 0 Å². The molecule has 1 amide bonds. The second kappa shape index (κ2) is 10.0. The van der Waals surface area contributed by atoms with Crippen LogP contribution >= 0.6 is 11.6 Å². The quantitative estimate of drug-likeness (QED) is 0.304. The molecule has 0 saturated carbocycles. The zero-order valence-corrected chi connectivity index (χ0v) is 19.6. The van der Waals surface area contributed by atoms with Crippen LogP contribution in [0.25, 0.3) is 11.0 Å². The lowest BCUT2D eigenvalue weighted by molar-refractivity contribution is -0.136. The molecule has 2 N–H and O–H groups in total. The molecule has 4 aromatic rings. The van der Waals surface area contributed by atoms with Crippen LogP contribution in [-0.2, 0) is 17.8 Å². The van der Waals surface area contributed by atoms with Crippen LogP contribution in [0.2, 0.25) is 5.02 Å². The molecule has 0 unspecified atom stereocenters. The van der Waals surface area contributed by atoms with Gasteiger partial charge in [0.15, 0.2) is 5.76 Å². The summed E-state index contributed by atoms with van der Waals surface area (Å²) in [6.07, 6.45) is 0.574. The Hall–Kier alpha value is -3.77. The Labute approximate surface area is 202 Å². The van der Waals surface area contributed by atoms with E-state index in [-0.39, 0.29) is 18.1 Å². The van der Waals surface area contributed by atoms with Gasteiger partial charge in [-0.2, -0.15) is 0 Å². The predicted molar refractivity (Wildman–Crippen MR) is 131 cm³/mol. The molecule has 4 rings (SSSR count). The van der Waals surface area contributed by atoms with Crippen LogP contribution in [0.4, 0.5) is 0 Å². The minimum absolute atomic E-state index is 0.0934. The van der Waals surface area contributed by atoms with E-state index in [4.69, 9.17) is 25.9 Å². The van der Waals surface area contributed by atoms with Gasteiger partial charge in [0.25, 0.3) is 5.91 Å². The summed E-state index contributed by atoms with van der Waals surface area (Å²) in [5.74, 6) is 0.448. The summed E-state index contributed by atoms with van der Waals surface area (Å²) in [6, 6.07) is 18.3. The van der Waals surface area contributed by atoms with E-state index in [0.717, 1.165) is 27.6 Å².